The number of likely N-dealkylation sites (tertiary alicyclic amines) is 1. The highest BCUT2D eigenvalue weighted by molar-refractivity contribution is 5.76. The van der Waals surface area contributed by atoms with Crippen LogP contribution in [-0.2, 0) is 11.3 Å². The first-order valence-corrected chi connectivity index (χ1v) is 9.02. The van der Waals surface area contributed by atoms with E-state index < -0.39 is 0 Å². The first-order valence-electron chi connectivity index (χ1n) is 9.02. The molecule has 0 bridgehead atoms. The third-order valence-electron chi connectivity index (χ3n) is 4.84. The zero-order valence-electron chi connectivity index (χ0n) is 14.6. The van der Waals surface area contributed by atoms with Crippen LogP contribution in [0, 0.1) is 0 Å². The van der Waals surface area contributed by atoms with Crippen LogP contribution in [0.5, 0.6) is 0 Å². The van der Waals surface area contributed by atoms with Crippen LogP contribution in [0.25, 0.3) is 10.9 Å². The van der Waals surface area contributed by atoms with E-state index in [9.17, 15) is 9.59 Å². The highest BCUT2D eigenvalue weighted by Gasteiger charge is 2.22. The van der Waals surface area contributed by atoms with Gasteiger partial charge in [0.2, 0.25) is 5.91 Å². The fourth-order valence-corrected chi connectivity index (χ4v) is 3.42. The Hall–Kier alpha value is -2.28. The molecule has 1 aromatic heterocycles. The number of nitrogens with one attached hydrogen (secondary N) is 1. The molecule has 7 nitrogen and oxygen atoms in total. The number of benzene rings is 1. The van der Waals surface area contributed by atoms with E-state index in [1.54, 1.807) is 12.1 Å². The summed E-state index contributed by atoms with van der Waals surface area (Å²) in [5, 5.41) is 11.6. The maximum absolute atomic E-state index is 12.3. The van der Waals surface area contributed by atoms with Crippen LogP contribution in [0.1, 0.15) is 32.6 Å². The molecule has 134 valence electrons. The van der Waals surface area contributed by atoms with E-state index >= 15 is 0 Å². The molecular formula is C18H25N5O2. The van der Waals surface area contributed by atoms with Crippen LogP contribution in [0.15, 0.2) is 29.1 Å². The van der Waals surface area contributed by atoms with Gasteiger partial charge >= 0.3 is 0 Å². The lowest BCUT2D eigenvalue weighted by Gasteiger charge is -2.22. The second-order valence-electron chi connectivity index (χ2n) is 6.47. The van der Waals surface area contributed by atoms with Crippen LogP contribution < -0.4 is 10.9 Å². The fourth-order valence-electron chi connectivity index (χ4n) is 3.42. The zero-order valence-corrected chi connectivity index (χ0v) is 14.6. The van der Waals surface area contributed by atoms with E-state index in [-0.39, 0.29) is 11.5 Å². The topological polar surface area (TPSA) is 80.1 Å². The van der Waals surface area contributed by atoms with Crippen LogP contribution in [0.4, 0.5) is 0 Å². The molecule has 1 aromatic carbocycles. The van der Waals surface area contributed by atoms with E-state index in [4.69, 9.17) is 0 Å². The van der Waals surface area contributed by atoms with Crippen molar-refractivity contribution >= 4 is 16.8 Å². The molecule has 0 unspecified atom stereocenters. The number of carbonyl (C=O) groups excluding carboxylic acids is 1. The van der Waals surface area contributed by atoms with Gasteiger partial charge in [-0.1, -0.05) is 24.3 Å². The summed E-state index contributed by atoms with van der Waals surface area (Å²) in [5.41, 5.74) is 0.439. The van der Waals surface area contributed by atoms with Gasteiger partial charge in [0.25, 0.3) is 5.56 Å². The monoisotopic (exact) mass is 343 g/mol. The summed E-state index contributed by atoms with van der Waals surface area (Å²) in [6.07, 6.45) is 3.31. The Morgan fingerprint density at radius 1 is 1.36 bits per heavy atom. The summed E-state index contributed by atoms with van der Waals surface area (Å²) in [4.78, 5) is 26.8. The molecule has 3 rings (SSSR count). The average Bonchev–Trinajstić information content (AvgIpc) is 3.10. The maximum atomic E-state index is 12.3. The number of hydrogen-bond acceptors (Lipinski definition) is 5. The number of likely N-dealkylation sites (N-methyl/N-ethyl adjacent to an activating group) is 1. The van der Waals surface area contributed by atoms with Gasteiger partial charge in [-0.3, -0.25) is 14.5 Å². The summed E-state index contributed by atoms with van der Waals surface area (Å²) in [7, 11) is 0. The zero-order chi connectivity index (χ0) is 17.6. The Morgan fingerprint density at radius 2 is 2.20 bits per heavy atom. The van der Waals surface area contributed by atoms with Gasteiger partial charge in [-0.15, -0.1) is 5.10 Å². The minimum Gasteiger partial charge on any atom is -0.355 e. The first-order chi connectivity index (χ1) is 12.2. The van der Waals surface area contributed by atoms with E-state index in [0.717, 1.165) is 19.5 Å². The van der Waals surface area contributed by atoms with Crippen molar-refractivity contribution in [3.63, 3.8) is 0 Å². The summed E-state index contributed by atoms with van der Waals surface area (Å²) < 4.78 is 1.34. The number of amides is 1. The van der Waals surface area contributed by atoms with Crippen molar-refractivity contribution in [1.82, 2.24) is 25.2 Å². The molecule has 1 N–H and O–H groups in total. The van der Waals surface area contributed by atoms with Crippen LogP contribution in [0.2, 0.25) is 0 Å². The van der Waals surface area contributed by atoms with Crippen LogP contribution >= 0.6 is 0 Å². The molecule has 1 aliphatic rings. The van der Waals surface area contributed by atoms with Gasteiger partial charge in [0, 0.05) is 25.6 Å². The van der Waals surface area contributed by atoms with E-state index in [0.29, 0.717) is 42.9 Å². The fraction of sp³-hybridized carbons (Fsp3) is 0.556. The van der Waals surface area contributed by atoms with E-state index in [2.05, 4.69) is 27.5 Å². The van der Waals surface area contributed by atoms with Crippen molar-refractivity contribution < 1.29 is 4.79 Å². The van der Waals surface area contributed by atoms with Crippen LogP contribution in [-0.4, -0.2) is 51.5 Å². The molecule has 0 saturated carbocycles. The number of aryl methyl sites for hydroxylation is 1. The Kier molecular flexibility index (Phi) is 5.75. The van der Waals surface area contributed by atoms with Gasteiger partial charge < -0.3 is 5.32 Å². The van der Waals surface area contributed by atoms with Crippen molar-refractivity contribution in [1.29, 1.82) is 0 Å². The highest BCUT2D eigenvalue weighted by atomic mass is 16.1. The number of carbonyl (C=O) groups is 1. The lowest BCUT2D eigenvalue weighted by atomic mass is 10.2. The molecule has 1 saturated heterocycles. The normalized spacial score (nSPS) is 17.9. The largest absolute Gasteiger partial charge is 0.355 e. The molecule has 1 aliphatic heterocycles. The molecule has 25 heavy (non-hydrogen) atoms. The van der Waals surface area contributed by atoms with Crippen molar-refractivity contribution in [2.75, 3.05) is 19.6 Å². The molecule has 0 radical (unpaired) electrons. The third-order valence-corrected chi connectivity index (χ3v) is 4.84. The van der Waals surface area contributed by atoms with Gasteiger partial charge in [0.15, 0.2) is 0 Å². The van der Waals surface area contributed by atoms with Crippen molar-refractivity contribution in [2.24, 2.45) is 0 Å². The molecule has 2 aromatic rings. The number of hydrogen-bond donors (Lipinski definition) is 1. The summed E-state index contributed by atoms with van der Waals surface area (Å²) >= 11 is 0. The predicted molar refractivity (Wildman–Crippen MR) is 96.3 cm³/mol. The molecule has 2 heterocycles. The standard InChI is InChI=1S/C18H25N5O2/c1-2-22-11-5-7-14(22)13-19-17(24)10-6-12-23-18(25)15-8-3-4-9-16(15)20-21-23/h3-4,8-9,14H,2,5-7,10-13H2,1H3,(H,19,24)/t14-/m0/s1. The minimum atomic E-state index is -0.157. The van der Waals surface area contributed by atoms with Crippen molar-refractivity contribution in [2.45, 2.75) is 45.2 Å². The van der Waals surface area contributed by atoms with E-state index in [1.165, 1.54) is 11.1 Å². The molecule has 1 fully saturated rings. The smallest absolute Gasteiger partial charge is 0.277 e. The van der Waals surface area contributed by atoms with Crippen molar-refractivity contribution in [3.8, 4) is 0 Å². The molecule has 0 spiro atoms. The Balaban J connectivity index is 1.47. The van der Waals surface area contributed by atoms with Crippen molar-refractivity contribution in [3.05, 3.63) is 34.6 Å². The SMILES string of the molecule is CCN1CCC[C@H]1CNC(=O)CCCn1nnc2ccccc2c1=O. The molecule has 0 aliphatic carbocycles. The molecule has 1 amide bonds. The van der Waals surface area contributed by atoms with Gasteiger partial charge in [0.1, 0.15) is 5.52 Å². The number of rotatable bonds is 7. The lowest BCUT2D eigenvalue weighted by Crippen LogP contribution is -2.40. The highest BCUT2D eigenvalue weighted by Crippen LogP contribution is 2.15. The van der Waals surface area contributed by atoms with Gasteiger partial charge in [-0.2, -0.15) is 0 Å². The molecule has 1 atom stereocenters. The minimum absolute atomic E-state index is 0.0322. The number of fused-ring (bicyclic) bond motifs is 1. The third kappa shape index (κ3) is 4.22. The lowest BCUT2D eigenvalue weighted by molar-refractivity contribution is -0.121. The summed E-state index contributed by atoms with van der Waals surface area (Å²) in [5.74, 6) is 0.0322. The predicted octanol–water partition coefficient (Wildman–Crippen LogP) is 1.17. The second-order valence-corrected chi connectivity index (χ2v) is 6.47. The molecular weight excluding hydrogens is 318 g/mol. The Labute approximate surface area is 147 Å². The first kappa shape index (κ1) is 17.5. The summed E-state index contributed by atoms with van der Waals surface area (Å²) in [6.45, 7) is 5.42. The molecule has 7 heteroatoms. The van der Waals surface area contributed by atoms with Gasteiger partial charge in [-0.25, -0.2) is 4.68 Å². The maximum Gasteiger partial charge on any atom is 0.277 e. The quantitative estimate of drug-likeness (QED) is 0.816. The summed E-state index contributed by atoms with van der Waals surface area (Å²) in [6, 6.07) is 7.62. The van der Waals surface area contributed by atoms with Crippen LogP contribution in [0.3, 0.4) is 0 Å². The second kappa shape index (κ2) is 8.20. The van der Waals surface area contributed by atoms with Gasteiger partial charge in [0.05, 0.1) is 5.39 Å². The number of nitrogens with zero attached hydrogens (tertiary/aromatic N) is 4. The number of aromatic nitrogens is 3. The van der Waals surface area contributed by atoms with Gasteiger partial charge in [-0.05, 0) is 44.5 Å². The van der Waals surface area contributed by atoms with E-state index in [1.807, 2.05) is 12.1 Å². The average molecular weight is 343 g/mol. The Morgan fingerprint density at radius 3 is 3.04 bits per heavy atom. The Bertz CT molecular complexity index is 788.